The normalized spacial score (nSPS) is 12.8. The number of hydrogen-bond donors (Lipinski definition) is 2. The van der Waals surface area contributed by atoms with Gasteiger partial charge < -0.3 is 10.4 Å². The smallest absolute Gasteiger partial charge is 0.337 e. The molecular weight excluding hydrogens is 290 g/mol. The van der Waals surface area contributed by atoms with Crippen LogP contribution in [0.15, 0.2) is 18.2 Å². The highest BCUT2D eigenvalue weighted by Gasteiger charge is 2.18. The summed E-state index contributed by atoms with van der Waals surface area (Å²) in [5.74, 6) is -0.902. The van der Waals surface area contributed by atoms with Gasteiger partial charge in [-0.1, -0.05) is 39.3 Å². The second-order valence-electron chi connectivity index (χ2n) is 6.62. The molecule has 0 aliphatic carbocycles. The van der Waals surface area contributed by atoms with Crippen molar-refractivity contribution < 1.29 is 14.7 Å². The van der Waals surface area contributed by atoms with Crippen LogP contribution in [0.5, 0.6) is 0 Å². The molecule has 4 nitrogen and oxygen atoms in total. The average molecular weight is 312 g/mol. The quantitative estimate of drug-likeness (QED) is 0.844. The van der Waals surface area contributed by atoms with Crippen LogP contribution in [0.1, 0.15) is 50.9 Å². The molecule has 0 aromatic heterocycles. The molecule has 116 valence electrons. The number of carboxylic acids is 1. The fourth-order valence-electron chi connectivity index (χ4n) is 2.41. The second kappa shape index (κ2) is 6.94. The number of nitrogens with one attached hydrogen (secondary N) is 1. The summed E-state index contributed by atoms with van der Waals surface area (Å²) < 4.78 is 0. The summed E-state index contributed by atoms with van der Waals surface area (Å²) in [5.41, 5.74) is 0.723. The molecule has 0 aliphatic heterocycles. The third-order valence-electron chi connectivity index (χ3n) is 2.98. The van der Waals surface area contributed by atoms with E-state index in [1.54, 1.807) is 6.07 Å². The van der Waals surface area contributed by atoms with Crippen LogP contribution in [0.2, 0.25) is 5.02 Å². The van der Waals surface area contributed by atoms with Gasteiger partial charge in [0.15, 0.2) is 0 Å². The van der Waals surface area contributed by atoms with Crippen LogP contribution >= 0.6 is 11.6 Å². The van der Waals surface area contributed by atoms with Gasteiger partial charge in [0.2, 0.25) is 5.91 Å². The van der Waals surface area contributed by atoms with Gasteiger partial charge in [0, 0.05) is 12.1 Å². The van der Waals surface area contributed by atoms with Crippen molar-refractivity contribution in [1.29, 1.82) is 0 Å². The van der Waals surface area contributed by atoms with Crippen molar-refractivity contribution >= 4 is 29.2 Å². The number of carbonyl (C=O) groups excluding carboxylic acids is 1. The zero-order valence-corrected chi connectivity index (χ0v) is 13.6. The van der Waals surface area contributed by atoms with Gasteiger partial charge in [-0.25, -0.2) is 4.79 Å². The van der Waals surface area contributed by atoms with Crippen LogP contribution in [0.25, 0.3) is 0 Å². The molecule has 0 aliphatic rings. The van der Waals surface area contributed by atoms with E-state index >= 15 is 0 Å². The SMILES string of the molecule is CC(CC(=O)Nc1ccc(C(=O)O)c(Cl)c1)CC(C)(C)C. The molecule has 0 radical (unpaired) electrons. The van der Waals surface area contributed by atoms with E-state index < -0.39 is 5.97 Å². The van der Waals surface area contributed by atoms with Crippen LogP contribution in [0.3, 0.4) is 0 Å². The second-order valence-corrected chi connectivity index (χ2v) is 7.03. The number of halogens is 1. The Balaban J connectivity index is 2.63. The Kier molecular flexibility index (Phi) is 5.78. The van der Waals surface area contributed by atoms with E-state index in [2.05, 4.69) is 26.1 Å². The maximum atomic E-state index is 12.0. The first-order chi connectivity index (χ1) is 9.58. The highest BCUT2D eigenvalue weighted by atomic mass is 35.5. The van der Waals surface area contributed by atoms with Gasteiger partial charge in [0.1, 0.15) is 0 Å². The monoisotopic (exact) mass is 311 g/mol. The van der Waals surface area contributed by atoms with Crippen molar-refractivity contribution in [3.8, 4) is 0 Å². The fraction of sp³-hybridized carbons (Fsp3) is 0.500. The molecule has 21 heavy (non-hydrogen) atoms. The number of rotatable bonds is 5. The zero-order valence-electron chi connectivity index (χ0n) is 12.9. The molecule has 0 spiro atoms. The lowest BCUT2D eigenvalue weighted by Gasteiger charge is -2.22. The molecule has 1 aromatic rings. The third kappa shape index (κ3) is 6.17. The van der Waals surface area contributed by atoms with Crippen molar-refractivity contribution in [2.75, 3.05) is 5.32 Å². The first-order valence-corrected chi connectivity index (χ1v) is 7.29. The van der Waals surface area contributed by atoms with Gasteiger partial charge in [0.25, 0.3) is 0 Å². The van der Waals surface area contributed by atoms with Crippen LogP contribution in [-0.2, 0) is 4.79 Å². The molecule has 0 fully saturated rings. The molecule has 0 saturated carbocycles. The molecule has 0 heterocycles. The summed E-state index contributed by atoms with van der Waals surface area (Å²) in [4.78, 5) is 22.8. The van der Waals surface area contributed by atoms with E-state index in [0.717, 1.165) is 6.42 Å². The van der Waals surface area contributed by atoms with Gasteiger partial charge in [-0.15, -0.1) is 0 Å². The molecule has 1 amide bonds. The van der Waals surface area contributed by atoms with Gasteiger partial charge >= 0.3 is 5.97 Å². The molecule has 1 rings (SSSR count). The molecular formula is C16H22ClNO3. The molecule has 0 saturated heterocycles. The summed E-state index contributed by atoms with van der Waals surface area (Å²) in [5, 5.41) is 11.8. The lowest BCUT2D eigenvalue weighted by Crippen LogP contribution is -2.19. The predicted molar refractivity (Wildman–Crippen MR) is 84.9 cm³/mol. The van der Waals surface area contributed by atoms with Crippen LogP contribution in [0, 0.1) is 11.3 Å². The molecule has 5 heteroatoms. The van der Waals surface area contributed by atoms with Crippen molar-refractivity contribution in [2.24, 2.45) is 11.3 Å². The van der Waals surface area contributed by atoms with Gasteiger partial charge in [-0.3, -0.25) is 4.79 Å². The molecule has 1 unspecified atom stereocenters. The average Bonchev–Trinajstić information content (AvgIpc) is 2.24. The van der Waals surface area contributed by atoms with E-state index in [1.807, 2.05) is 6.92 Å². The maximum Gasteiger partial charge on any atom is 0.337 e. The summed E-state index contributed by atoms with van der Waals surface area (Å²) in [6.07, 6.45) is 1.38. The predicted octanol–water partition coefficient (Wildman–Crippen LogP) is 4.44. The minimum absolute atomic E-state index is 0.0239. The maximum absolute atomic E-state index is 12.0. The molecule has 0 bridgehead atoms. The van der Waals surface area contributed by atoms with E-state index in [0.29, 0.717) is 12.1 Å². The first-order valence-electron chi connectivity index (χ1n) is 6.91. The van der Waals surface area contributed by atoms with Crippen molar-refractivity contribution in [3.05, 3.63) is 28.8 Å². The lowest BCUT2D eigenvalue weighted by atomic mass is 9.84. The molecule has 1 aromatic carbocycles. The van der Waals surface area contributed by atoms with Gasteiger partial charge in [-0.05, 0) is 36.0 Å². The Labute approximate surface area is 130 Å². The number of aromatic carboxylic acids is 1. The van der Waals surface area contributed by atoms with E-state index in [9.17, 15) is 9.59 Å². The Hall–Kier alpha value is -1.55. The fourth-order valence-corrected chi connectivity index (χ4v) is 2.67. The van der Waals surface area contributed by atoms with E-state index in [1.165, 1.54) is 12.1 Å². The largest absolute Gasteiger partial charge is 0.478 e. The van der Waals surface area contributed by atoms with Crippen LogP contribution < -0.4 is 5.32 Å². The van der Waals surface area contributed by atoms with Gasteiger partial charge in [-0.2, -0.15) is 0 Å². The minimum atomic E-state index is -1.09. The topological polar surface area (TPSA) is 66.4 Å². The summed E-state index contributed by atoms with van der Waals surface area (Å²) in [7, 11) is 0. The Morgan fingerprint density at radius 1 is 1.33 bits per heavy atom. The highest BCUT2D eigenvalue weighted by molar-refractivity contribution is 6.33. The van der Waals surface area contributed by atoms with Gasteiger partial charge in [0.05, 0.1) is 10.6 Å². The molecule has 1 atom stereocenters. The number of amides is 1. The van der Waals surface area contributed by atoms with Crippen molar-refractivity contribution in [3.63, 3.8) is 0 Å². The molecule has 2 N–H and O–H groups in total. The zero-order chi connectivity index (χ0) is 16.2. The summed E-state index contributed by atoms with van der Waals surface area (Å²) in [6.45, 7) is 8.48. The van der Waals surface area contributed by atoms with E-state index in [-0.39, 0.29) is 27.8 Å². The third-order valence-corrected chi connectivity index (χ3v) is 3.29. The number of anilines is 1. The van der Waals surface area contributed by atoms with Crippen LogP contribution in [0.4, 0.5) is 5.69 Å². The number of hydrogen-bond acceptors (Lipinski definition) is 2. The van der Waals surface area contributed by atoms with Crippen LogP contribution in [-0.4, -0.2) is 17.0 Å². The summed E-state index contributed by atoms with van der Waals surface area (Å²) in [6, 6.07) is 4.39. The minimum Gasteiger partial charge on any atom is -0.478 e. The lowest BCUT2D eigenvalue weighted by molar-refractivity contribution is -0.117. The Morgan fingerprint density at radius 2 is 1.95 bits per heavy atom. The summed E-state index contributed by atoms with van der Waals surface area (Å²) >= 11 is 5.87. The van der Waals surface area contributed by atoms with Crippen molar-refractivity contribution in [1.82, 2.24) is 0 Å². The standard InChI is InChI=1S/C16H22ClNO3/c1-10(9-16(2,3)4)7-14(19)18-11-5-6-12(15(20)21)13(17)8-11/h5-6,8,10H,7,9H2,1-4H3,(H,18,19)(H,20,21). The first kappa shape index (κ1) is 17.5. The number of carbonyl (C=O) groups is 2. The Morgan fingerprint density at radius 3 is 2.43 bits per heavy atom. The highest BCUT2D eigenvalue weighted by Crippen LogP contribution is 2.26. The number of benzene rings is 1. The Bertz CT molecular complexity index is 535. The van der Waals surface area contributed by atoms with Crippen molar-refractivity contribution in [2.45, 2.75) is 40.5 Å². The van der Waals surface area contributed by atoms with E-state index in [4.69, 9.17) is 16.7 Å². The number of carboxylic acid groups (broad SMARTS) is 1.